The fraction of sp³-hybridized carbons (Fsp3) is 0.100. The van der Waals surface area contributed by atoms with Gasteiger partial charge in [0.1, 0.15) is 5.69 Å². The van der Waals surface area contributed by atoms with Crippen LogP contribution in [0.2, 0.25) is 0 Å². The summed E-state index contributed by atoms with van der Waals surface area (Å²) in [5.74, 6) is 0. The molecule has 0 bridgehead atoms. The predicted octanol–water partition coefficient (Wildman–Crippen LogP) is 2.69. The number of benzene rings is 1. The monoisotopic (exact) mass is 250 g/mol. The molecule has 0 atom stereocenters. The van der Waals surface area contributed by atoms with Gasteiger partial charge in [0, 0.05) is 22.8 Å². The standard InChI is InChI=1S/C10H10N4O2S/c1-6-5-12-10(17-6)13-7-2-3-9(14(15)16)8(11)4-7/h2-5H,11H2,1H3,(H,12,13). The van der Waals surface area contributed by atoms with Crippen molar-refractivity contribution in [3.05, 3.63) is 39.4 Å². The van der Waals surface area contributed by atoms with E-state index in [1.165, 1.54) is 23.5 Å². The summed E-state index contributed by atoms with van der Waals surface area (Å²) in [4.78, 5) is 15.3. The Labute approximate surface area is 101 Å². The van der Waals surface area contributed by atoms with E-state index >= 15 is 0 Å². The zero-order valence-electron chi connectivity index (χ0n) is 9.01. The first-order chi connectivity index (χ1) is 8.06. The molecule has 0 saturated carbocycles. The third-order valence-electron chi connectivity index (χ3n) is 2.10. The summed E-state index contributed by atoms with van der Waals surface area (Å²) in [5.41, 5.74) is 6.31. The van der Waals surface area contributed by atoms with Gasteiger partial charge in [0.2, 0.25) is 0 Å². The molecule has 7 heteroatoms. The number of hydrogen-bond acceptors (Lipinski definition) is 6. The first-order valence-electron chi connectivity index (χ1n) is 4.79. The van der Waals surface area contributed by atoms with Crippen LogP contribution in [0.15, 0.2) is 24.4 Å². The number of aryl methyl sites for hydroxylation is 1. The summed E-state index contributed by atoms with van der Waals surface area (Å²) in [6, 6.07) is 4.50. The zero-order valence-corrected chi connectivity index (χ0v) is 9.82. The molecule has 88 valence electrons. The van der Waals surface area contributed by atoms with E-state index in [1.54, 1.807) is 12.3 Å². The lowest BCUT2D eigenvalue weighted by Gasteiger charge is -2.03. The quantitative estimate of drug-likeness (QED) is 0.496. The van der Waals surface area contributed by atoms with E-state index in [2.05, 4.69) is 10.3 Å². The molecule has 1 aromatic carbocycles. The van der Waals surface area contributed by atoms with Gasteiger partial charge in [0.15, 0.2) is 5.13 Å². The van der Waals surface area contributed by atoms with Gasteiger partial charge in [-0.25, -0.2) is 4.98 Å². The number of nitro benzene ring substituents is 1. The molecule has 1 heterocycles. The Morgan fingerprint density at radius 3 is 2.82 bits per heavy atom. The van der Waals surface area contributed by atoms with Crippen LogP contribution in [0.25, 0.3) is 0 Å². The van der Waals surface area contributed by atoms with Gasteiger partial charge in [0.05, 0.1) is 4.92 Å². The second kappa shape index (κ2) is 4.38. The third kappa shape index (κ3) is 2.51. The maximum atomic E-state index is 10.6. The number of anilines is 3. The van der Waals surface area contributed by atoms with Gasteiger partial charge >= 0.3 is 0 Å². The Hall–Kier alpha value is -2.15. The SMILES string of the molecule is Cc1cnc(Nc2ccc([N+](=O)[O-])c(N)c2)s1. The van der Waals surface area contributed by atoms with Crippen LogP contribution in [-0.4, -0.2) is 9.91 Å². The molecule has 0 fully saturated rings. The van der Waals surface area contributed by atoms with E-state index in [1.807, 2.05) is 6.92 Å². The van der Waals surface area contributed by atoms with Crippen LogP contribution >= 0.6 is 11.3 Å². The van der Waals surface area contributed by atoms with Crippen molar-refractivity contribution >= 4 is 33.5 Å². The lowest BCUT2D eigenvalue weighted by atomic mass is 10.2. The highest BCUT2D eigenvalue weighted by Crippen LogP contribution is 2.27. The summed E-state index contributed by atoms with van der Waals surface area (Å²) in [6.45, 7) is 1.95. The Morgan fingerprint density at radius 1 is 1.53 bits per heavy atom. The average molecular weight is 250 g/mol. The van der Waals surface area contributed by atoms with Crippen LogP contribution in [0, 0.1) is 17.0 Å². The predicted molar refractivity (Wildman–Crippen MR) is 67.6 cm³/mol. The Morgan fingerprint density at radius 2 is 2.29 bits per heavy atom. The van der Waals surface area contributed by atoms with E-state index in [9.17, 15) is 10.1 Å². The first-order valence-corrected chi connectivity index (χ1v) is 5.61. The number of rotatable bonds is 3. The molecule has 3 N–H and O–H groups in total. The fourth-order valence-electron chi connectivity index (χ4n) is 1.33. The van der Waals surface area contributed by atoms with E-state index in [0.29, 0.717) is 5.69 Å². The lowest BCUT2D eigenvalue weighted by Crippen LogP contribution is -1.97. The first kappa shape index (κ1) is 11.3. The minimum absolute atomic E-state index is 0.0918. The second-order valence-corrected chi connectivity index (χ2v) is 4.67. The topological polar surface area (TPSA) is 94.1 Å². The molecule has 0 aliphatic rings. The fourth-order valence-corrected chi connectivity index (χ4v) is 2.02. The Bertz CT molecular complexity index is 567. The number of hydrogen-bond donors (Lipinski definition) is 2. The normalized spacial score (nSPS) is 10.2. The van der Waals surface area contributed by atoms with Crippen LogP contribution in [0.5, 0.6) is 0 Å². The summed E-state index contributed by atoms with van der Waals surface area (Å²) in [6.07, 6.45) is 1.75. The van der Waals surface area contributed by atoms with E-state index in [-0.39, 0.29) is 11.4 Å². The largest absolute Gasteiger partial charge is 0.393 e. The summed E-state index contributed by atoms with van der Waals surface area (Å²) in [7, 11) is 0. The number of nitrogen functional groups attached to an aromatic ring is 1. The minimum atomic E-state index is -0.507. The van der Waals surface area contributed by atoms with E-state index in [0.717, 1.165) is 10.0 Å². The van der Waals surface area contributed by atoms with Gasteiger partial charge in [-0.15, -0.1) is 11.3 Å². The van der Waals surface area contributed by atoms with Crippen molar-refractivity contribution in [2.75, 3.05) is 11.1 Å². The second-order valence-electron chi connectivity index (χ2n) is 3.43. The van der Waals surface area contributed by atoms with Gasteiger partial charge in [-0.2, -0.15) is 0 Å². The van der Waals surface area contributed by atoms with Crippen LogP contribution in [0.1, 0.15) is 4.88 Å². The van der Waals surface area contributed by atoms with Crippen LogP contribution < -0.4 is 11.1 Å². The zero-order chi connectivity index (χ0) is 12.4. The van der Waals surface area contributed by atoms with Gasteiger partial charge in [-0.1, -0.05) is 0 Å². The highest BCUT2D eigenvalue weighted by atomic mass is 32.1. The average Bonchev–Trinajstić information content (AvgIpc) is 2.63. The number of thiazole rings is 1. The maximum Gasteiger partial charge on any atom is 0.292 e. The molecule has 0 aliphatic carbocycles. The smallest absolute Gasteiger partial charge is 0.292 e. The number of nitrogens with zero attached hydrogens (tertiary/aromatic N) is 2. The summed E-state index contributed by atoms with van der Waals surface area (Å²) >= 11 is 1.50. The van der Waals surface area contributed by atoms with E-state index in [4.69, 9.17) is 5.73 Å². The molecule has 0 radical (unpaired) electrons. The Balaban J connectivity index is 2.23. The summed E-state index contributed by atoms with van der Waals surface area (Å²) in [5, 5.41) is 14.4. The molecule has 0 amide bonds. The molecule has 0 aliphatic heterocycles. The molecule has 0 saturated heterocycles. The Kier molecular flexibility index (Phi) is 2.92. The highest BCUT2D eigenvalue weighted by molar-refractivity contribution is 7.15. The van der Waals surface area contributed by atoms with Crippen molar-refractivity contribution in [1.82, 2.24) is 4.98 Å². The number of nitrogens with one attached hydrogen (secondary N) is 1. The molecule has 0 unspecified atom stereocenters. The van der Waals surface area contributed by atoms with Crippen molar-refractivity contribution in [3.8, 4) is 0 Å². The number of aromatic nitrogens is 1. The maximum absolute atomic E-state index is 10.6. The molecule has 2 aromatic rings. The molecular weight excluding hydrogens is 240 g/mol. The van der Waals surface area contributed by atoms with E-state index < -0.39 is 4.92 Å². The number of nitro groups is 1. The molecule has 6 nitrogen and oxygen atoms in total. The molecule has 1 aromatic heterocycles. The van der Waals surface area contributed by atoms with Gasteiger partial charge in [-0.05, 0) is 19.1 Å². The van der Waals surface area contributed by atoms with Crippen molar-refractivity contribution in [2.45, 2.75) is 6.92 Å². The van der Waals surface area contributed by atoms with Crippen molar-refractivity contribution < 1.29 is 4.92 Å². The van der Waals surface area contributed by atoms with Crippen LogP contribution in [0.3, 0.4) is 0 Å². The van der Waals surface area contributed by atoms with Gasteiger partial charge < -0.3 is 11.1 Å². The molecule has 2 rings (SSSR count). The minimum Gasteiger partial charge on any atom is -0.393 e. The summed E-state index contributed by atoms with van der Waals surface area (Å²) < 4.78 is 0. The van der Waals surface area contributed by atoms with Crippen molar-refractivity contribution in [3.63, 3.8) is 0 Å². The lowest BCUT2D eigenvalue weighted by molar-refractivity contribution is -0.383. The highest BCUT2D eigenvalue weighted by Gasteiger charge is 2.11. The van der Waals surface area contributed by atoms with Crippen molar-refractivity contribution in [2.24, 2.45) is 0 Å². The molecule has 0 spiro atoms. The van der Waals surface area contributed by atoms with Crippen LogP contribution in [-0.2, 0) is 0 Å². The van der Waals surface area contributed by atoms with Crippen LogP contribution in [0.4, 0.5) is 22.2 Å². The molecular formula is C10H10N4O2S. The molecule has 17 heavy (non-hydrogen) atoms. The number of nitrogens with two attached hydrogens (primary N) is 1. The van der Waals surface area contributed by atoms with Crippen molar-refractivity contribution in [1.29, 1.82) is 0 Å². The third-order valence-corrected chi connectivity index (χ3v) is 2.92. The van der Waals surface area contributed by atoms with Gasteiger partial charge in [-0.3, -0.25) is 10.1 Å². The van der Waals surface area contributed by atoms with Gasteiger partial charge in [0.25, 0.3) is 5.69 Å².